The Bertz CT molecular complexity index is 496. The Kier molecular flexibility index (Phi) is 3.14. The van der Waals surface area contributed by atoms with Crippen LogP contribution in [-0.4, -0.2) is 9.78 Å². The van der Waals surface area contributed by atoms with Gasteiger partial charge < -0.3 is 5.73 Å². The van der Waals surface area contributed by atoms with Gasteiger partial charge >= 0.3 is 0 Å². The number of nitrogen functional groups attached to an aromatic ring is 1. The van der Waals surface area contributed by atoms with E-state index in [4.69, 9.17) is 5.73 Å². The Morgan fingerprint density at radius 3 is 2.88 bits per heavy atom. The summed E-state index contributed by atoms with van der Waals surface area (Å²) in [6.45, 7) is 0. The largest absolute Gasteiger partial charge is 0.399 e. The third kappa shape index (κ3) is 2.55. The smallest absolute Gasteiger partial charge is 0.138 e. The molecule has 0 unspecified atom stereocenters. The number of aryl methyl sites for hydroxylation is 1. The summed E-state index contributed by atoms with van der Waals surface area (Å²) < 4.78 is 15.2. The van der Waals surface area contributed by atoms with Crippen molar-refractivity contribution in [3.05, 3.63) is 42.0 Å². The number of halogens is 1. The van der Waals surface area contributed by atoms with Gasteiger partial charge in [0.05, 0.1) is 5.69 Å². The zero-order valence-corrected chi connectivity index (χ0v) is 9.67. The summed E-state index contributed by atoms with van der Waals surface area (Å²) in [5.74, 6) is 0.378. The summed E-state index contributed by atoms with van der Waals surface area (Å²) >= 11 is 1.42. The van der Waals surface area contributed by atoms with Gasteiger partial charge in [0.15, 0.2) is 0 Å². The number of anilines is 1. The molecule has 2 N–H and O–H groups in total. The molecule has 2 rings (SSSR count). The van der Waals surface area contributed by atoms with E-state index in [1.165, 1.54) is 17.8 Å². The van der Waals surface area contributed by atoms with Gasteiger partial charge in [-0.3, -0.25) is 4.68 Å². The molecule has 0 aliphatic rings. The number of hydrogen-bond acceptors (Lipinski definition) is 3. The van der Waals surface area contributed by atoms with Crippen molar-refractivity contribution >= 4 is 17.4 Å². The number of nitrogens with zero attached hydrogens (tertiary/aromatic N) is 2. The lowest BCUT2D eigenvalue weighted by atomic mass is 10.3. The van der Waals surface area contributed by atoms with Crippen molar-refractivity contribution in [3.63, 3.8) is 0 Å². The van der Waals surface area contributed by atoms with Crippen LogP contribution in [0.3, 0.4) is 0 Å². The molecule has 0 aliphatic heterocycles. The fraction of sp³-hybridized carbons (Fsp3) is 0.182. The van der Waals surface area contributed by atoms with E-state index >= 15 is 0 Å². The highest BCUT2D eigenvalue weighted by Crippen LogP contribution is 2.26. The highest BCUT2D eigenvalue weighted by Gasteiger charge is 2.04. The fourth-order valence-electron chi connectivity index (χ4n) is 1.33. The van der Waals surface area contributed by atoms with Crippen LogP contribution in [0.25, 0.3) is 0 Å². The highest BCUT2D eigenvalue weighted by molar-refractivity contribution is 7.98. The van der Waals surface area contributed by atoms with Crippen molar-refractivity contribution in [1.29, 1.82) is 0 Å². The van der Waals surface area contributed by atoms with Crippen molar-refractivity contribution in [2.75, 3.05) is 5.73 Å². The van der Waals surface area contributed by atoms with Crippen molar-refractivity contribution < 1.29 is 4.39 Å². The number of aromatic nitrogens is 2. The Hall–Kier alpha value is -1.49. The van der Waals surface area contributed by atoms with Crippen molar-refractivity contribution in [1.82, 2.24) is 9.78 Å². The summed E-state index contributed by atoms with van der Waals surface area (Å²) in [5.41, 5.74) is 6.85. The molecule has 0 amide bonds. The molecular formula is C11H12FN3S. The Morgan fingerprint density at radius 2 is 2.25 bits per heavy atom. The molecule has 0 saturated heterocycles. The molecule has 0 saturated carbocycles. The molecule has 0 atom stereocenters. The minimum Gasteiger partial charge on any atom is -0.399 e. The van der Waals surface area contributed by atoms with Crippen molar-refractivity contribution in [2.24, 2.45) is 7.05 Å². The normalized spacial score (nSPS) is 10.6. The van der Waals surface area contributed by atoms with Crippen LogP contribution in [0.4, 0.5) is 10.1 Å². The number of rotatable bonds is 3. The average Bonchev–Trinajstić information content (AvgIpc) is 2.63. The Balaban J connectivity index is 2.04. The maximum Gasteiger partial charge on any atom is 0.138 e. The molecule has 0 bridgehead atoms. The molecule has 16 heavy (non-hydrogen) atoms. The Morgan fingerprint density at radius 1 is 1.44 bits per heavy atom. The molecule has 1 heterocycles. The van der Waals surface area contributed by atoms with E-state index in [0.717, 1.165) is 5.69 Å². The first-order chi connectivity index (χ1) is 7.65. The lowest BCUT2D eigenvalue weighted by Gasteiger charge is -2.02. The van der Waals surface area contributed by atoms with E-state index in [-0.39, 0.29) is 5.82 Å². The predicted octanol–water partition coefficient (Wildman–Crippen LogP) is 2.43. The SMILES string of the molecule is Cn1ccc(CSc2ccc(N)cc2F)n1. The highest BCUT2D eigenvalue weighted by atomic mass is 32.2. The maximum absolute atomic E-state index is 13.4. The minimum atomic E-state index is -0.277. The van der Waals surface area contributed by atoms with E-state index in [0.29, 0.717) is 16.3 Å². The molecule has 5 heteroatoms. The van der Waals surface area contributed by atoms with Gasteiger partial charge in [0.25, 0.3) is 0 Å². The molecule has 1 aromatic carbocycles. The summed E-state index contributed by atoms with van der Waals surface area (Å²) in [6.07, 6.45) is 1.87. The second-order valence-corrected chi connectivity index (χ2v) is 4.48. The van der Waals surface area contributed by atoms with Gasteiger partial charge in [-0.1, -0.05) is 0 Å². The lowest BCUT2D eigenvalue weighted by Crippen LogP contribution is -1.91. The van der Waals surface area contributed by atoms with Gasteiger partial charge in [-0.25, -0.2) is 4.39 Å². The maximum atomic E-state index is 13.4. The van der Waals surface area contributed by atoms with Gasteiger partial charge in [-0.2, -0.15) is 5.10 Å². The molecule has 1 aromatic heterocycles. The van der Waals surface area contributed by atoms with Crippen LogP contribution in [0, 0.1) is 5.82 Å². The summed E-state index contributed by atoms with van der Waals surface area (Å²) in [6, 6.07) is 6.64. The lowest BCUT2D eigenvalue weighted by molar-refractivity contribution is 0.602. The first kappa shape index (κ1) is 11.0. The van der Waals surface area contributed by atoms with Crippen LogP contribution in [-0.2, 0) is 12.8 Å². The minimum absolute atomic E-state index is 0.277. The summed E-state index contributed by atoms with van der Waals surface area (Å²) in [5, 5.41) is 4.22. The first-order valence-electron chi connectivity index (χ1n) is 4.81. The monoisotopic (exact) mass is 237 g/mol. The number of hydrogen-bond donors (Lipinski definition) is 1. The molecule has 2 aromatic rings. The zero-order valence-electron chi connectivity index (χ0n) is 8.85. The second-order valence-electron chi connectivity index (χ2n) is 3.46. The molecule has 0 fully saturated rings. The van der Waals surface area contributed by atoms with Crippen molar-refractivity contribution in [2.45, 2.75) is 10.6 Å². The summed E-state index contributed by atoms with van der Waals surface area (Å²) in [4.78, 5) is 0.597. The van der Waals surface area contributed by atoms with Crippen LogP contribution in [0.2, 0.25) is 0 Å². The molecule has 0 radical (unpaired) electrons. The van der Waals surface area contributed by atoms with E-state index < -0.39 is 0 Å². The van der Waals surface area contributed by atoms with Gasteiger partial charge in [0.2, 0.25) is 0 Å². The van der Waals surface area contributed by atoms with Crippen LogP contribution in [0.5, 0.6) is 0 Å². The summed E-state index contributed by atoms with van der Waals surface area (Å²) in [7, 11) is 1.86. The second kappa shape index (κ2) is 4.57. The van der Waals surface area contributed by atoms with Crippen LogP contribution in [0.15, 0.2) is 35.4 Å². The molecular weight excluding hydrogens is 225 g/mol. The third-order valence-electron chi connectivity index (χ3n) is 2.10. The quantitative estimate of drug-likeness (QED) is 0.658. The molecule has 84 valence electrons. The van der Waals surface area contributed by atoms with Gasteiger partial charge in [-0.15, -0.1) is 11.8 Å². The third-order valence-corrected chi connectivity index (χ3v) is 3.18. The number of nitrogens with two attached hydrogens (primary N) is 1. The van der Waals surface area contributed by atoms with Crippen molar-refractivity contribution in [3.8, 4) is 0 Å². The molecule has 3 nitrogen and oxygen atoms in total. The number of benzene rings is 1. The molecule has 0 spiro atoms. The van der Waals surface area contributed by atoms with Crippen LogP contribution >= 0.6 is 11.8 Å². The van der Waals surface area contributed by atoms with E-state index in [1.54, 1.807) is 16.8 Å². The molecule has 0 aliphatic carbocycles. The topological polar surface area (TPSA) is 43.8 Å². The fourth-order valence-corrected chi connectivity index (χ4v) is 2.14. The first-order valence-corrected chi connectivity index (χ1v) is 5.80. The van der Waals surface area contributed by atoms with Crippen LogP contribution in [0.1, 0.15) is 5.69 Å². The van der Waals surface area contributed by atoms with Gasteiger partial charge in [0.1, 0.15) is 5.82 Å². The zero-order chi connectivity index (χ0) is 11.5. The average molecular weight is 237 g/mol. The standard InChI is InChI=1S/C11H12FN3S/c1-15-5-4-9(14-15)7-16-11-3-2-8(13)6-10(11)12/h2-6H,7,13H2,1H3. The Labute approximate surface area is 97.5 Å². The number of thioether (sulfide) groups is 1. The van der Waals surface area contributed by atoms with E-state index in [1.807, 2.05) is 19.3 Å². The predicted molar refractivity (Wildman–Crippen MR) is 63.6 cm³/mol. The van der Waals surface area contributed by atoms with Gasteiger partial charge in [-0.05, 0) is 24.3 Å². The van der Waals surface area contributed by atoms with E-state index in [2.05, 4.69) is 5.10 Å². The van der Waals surface area contributed by atoms with Crippen LogP contribution < -0.4 is 5.73 Å². The van der Waals surface area contributed by atoms with E-state index in [9.17, 15) is 4.39 Å². The van der Waals surface area contributed by atoms with Gasteiger partial charge in [0, 0.05) is 29.6 Å².